The van der Waals surface area contributed by atoms with Gasteiger partial charge < -0.3 is 10.6 Å². The number of rotatable bonds is 6. The van der Waals surface area contributed by atoms with Crippen LogP contribution in [-0.4, -0.2) is 26.8 Å². The standard InChI is InChI=1S/C14H14Cl2N6O/c1-2-3-6-17-11-12(20-14-13(19-11)21-23-22-14)18-8-4-5-9(15)10(16)7-8/h4-5,7H,2-3,6H2,1H3,(H,17,19,21)(H,18,20,22). The molecule has 0 saturated carbocycles. The summed E-state index contributed by atoms with van der Waals surface area (Å²) in [5.74, 6) is 1.09. The second-order valence-electron chi connectivity index (χ2n) is 4.87. The zero-order valence-corrected chi connectivity index (χ0v) is 13.8. The summed E-state index contributed by atoms with van der Waals surface area (Å²) in [6.07, 6.45) is 2.09. The van der Waals surface area contributed by atoms with Crippen LogP contribution in [0.25, 0.3) is 11.3 Å². The van der Waals surface area contributed by atoms with Gasteiger partial charge in [0, 0.05) is 12.2 Å². The van der Waals surface area contributed by atoms with Crippen LogP contribution in [-0.2, 0) is 0 Å². The molecule has 0 bridgehead atoms. The van der Waals surface area contributed by atoms with Crippen LogP contribution < -0.4 is 10.6 Å². The predicted molar refractivity (Wildman–Crippen MR) is 90.5 cm³/mol. The van der Waals surface area contributed by atoms with Crippen LogP contribution in [0.5, 0.6) is 0 Å². The Morgan fingerprint density at radius 3 is 2.48 bits per heavy atom. The molecule has 1 aromatic carbocycles. The Bertz CT molecular complexity index is 822. The summed E-state index contributed by atoms with van der Waals surface area (Å²) in [5, 5.41) is 14.8. The first-order valence-electron chi connectivity index (χ1n) is 7.13. The monoisotopic (exact) mass is 352 g/mol. The number of benzene rings is 1. The summed E-state index contributed by atoms with van der Waals surface area (Å²) in [6.45, 7) is 2.89. The SMILES string of the molecule is CCCCNc1nc2nonc2nc1Nc1ccc(Cl)c(Cl)c1. The maximum absolute atomic E-state index is 6.04. The molecule has 0 fully saturated rings. The molecule has 0 saturated heterocycles. The normalized spacial score (nSPS) is 10.9. The Labute approximate surface area is 142 Å². The molecule has 3 rings (SSSR count). The molecule has 2 aromatic heterocycles. The van der Waals surface area contributed by atoms with E-state index in [9.17, 15) is 0 Å². The van der Waals surface area contributed by atoms with Crippen LogP contribution in [0.15, 0.2) is 22.8 Å². The van der Waals surface area contributed by atoms with E-state index in [1.54, 1.807) is 18.2 Å². The van der Waals surface area contributed by atoms with Crippen molar-refractivity contribution in [3.8, 4) is 0 Å². The smallest absolute Gasteiger partial charge is 0.245 e. The second-order valence-corrected chi connectivity index (χ2v) is 5.68. The third kappa shape index (κ3) is 3.62. The van der Waals surface area contributed by atoms with E-state index in [0.717, 1.165) is 25.1 Å². The lowest BCUT2D eigenvalue weighted by atomic mass is 10.3. The van der Waals surface area contributed by atoms with Gasteiger partial charge in [0.05, 0.1) is 10.0 Å². The highest BCUT2D eigenvalue weighted by atomic mass is 35.5. The third-order valence-corrected chi connectivity index (χ3v) is 3.86. The number of hydrogen-bond acceptors (Lipinski definition) is 7. The van der Waals surface area contributed by atoms with Crippen LogP contribution in [0.4, 0.5) is 17.3 Å². The van der Waals surface area contributed by atoms with Gasteiger partial charge in [0.1, 0.15) is 0 Å². The van der Waals surface area contributed by atoms with Gasteiger partial charge in [-0.15, -0.1) is 0 Å². The fraction of sp³-hybridized carbons (Fsp3) is 0.286. The lowest BCUT2D eigenvalue weighted by molar-refractivity contribution is 0.314. The first-order chi connectivity index (χ1) is 11.2. The summed E-state index contributed by atoms with van der Waals surface area (Å²) < 4.78 is 4.67. The van der Waals surface area contributed by atoms with Crippen LogP contribution in [0.1, 0.15) is 19.8 Å². The molecule has 9 heteroatoms. The summed E-state index contributed by atoms with van der Waals surface area (Å²) in [6, 6.07) is 5.23. The summed E-state index contributed by atoms with van der Waals surface area (Å²) in [7, 11) is 0. The largest absolute Gasteiger partial charge is 0.367 e. The molecule has 0 radical (unpaired) electrons. The van der Waals surface area contributed by atoms with Gasteiger partial charge in [-0.3, -0.25) is 0 Å². The minimum atomic E-state index is 0.327. The Morgan fingerprint density at radius 1 is 1.04 bits per heavy atom. The zero-order valence-electron chi connectivity index (χ0n) is 12.3. The van der Waals surface area contributed by atoms with Crippen molar-refractivity contribution in [1.29, 1.82) is 0 Å². The molecular formula is C14H14Cl2N6O. The van der Waals surface area contributed by atoms with Crippen molar-refractivity contribution >= 4 is 51.8 Å². The number of nitrogens with zero attached hydrogens (tertiary/aromatic N) is 4. The molecular weight excluding hydrogens is 339 g/mol. The van der Waals surface area contributed by atoms with Crippen molar-refractivity contribution in [3.05, 3.63) is 28.2 Å². The topological polar surface area (TPSA) is 88.8 Å². The average molecular weight is 353 g/mol. The number of anilines is 3. The lowest BCUT2D eigenvalue weighted by Gasteiger charge is -2.11. The Hall–Kier alpha value is -2.12. The zero-order chi connectivity index (χ0) is 16.2. The Morgan fingerprint density at radius 2 is 1.78 bits per heavy atom. The fourth-order valence-corrected chi connectivity index (χ4v) is 2.24. The first-order valence-corrected chi connectivity index (χ1v) is 7.89. The van der Waals surface area contributed by atoms with Gasteiger partial charge in [0.2, 0.25) is 11.3 Å². The van der Waals surface area contributed by atoms with E-state index in [2.05, 4.69) is 42.5 Å². The number of nitrogens with one attached hydrogen (secondary N) is 2. The van der Waals surface area contributed by atoms with E-state index in [1.807, 2.05) is 0 Å². The minimum absolute atomic E-state index is 0.327. The molecule has 7 nitrogen and oxygen atoms in total. The molecule has 0 unspecified atom stereocenters. The molecule has 2 heterocycles. The maximum atomic E-state index is 6.04. The highest BCUT2D eigenvalue weighted by molar-refractivity contribution is 6.42. The summed E-state index contributed by atoms with van der Waals surface area (Å²) >= 11 is 12.0. The third-order valence-electron chi connectivity index (χ3n) is 3.12. The molecule has 2 N–H and O–H groups in total. The predicted octanol–water partition coefficient (Wildman–Crippen LogP) is 4.28. The van der Waals surface area contributed by atoms with Crippen molar-refractivity contribution in [2.75, 3.05) is 17.2 Å². The molecule has 0 amide bonds. The van der Waals surface area contributed by atoms with Gasteiger partial charge >= 0.3 is 0 Å². The highest BCUT2D eigenvalue weighted by Crippen LogP contribution is 2.29. The molecule has 0 aliphatic rings. The highest BCUT2D eigenvalue weighted by Gasteiger charge is 2.13. The molecule has 0 atom stereocenters. The summed E-state index contributed by atoms with van der Waals surface area (Å²) in [4.78, 5) is 8.76. The number of hydrogen-bond donors (Lipinski definition) is 2. The van der Waals surface area contributed by atoms with Gasteiger partial charge in [0.25, 0.3) is 0 Å². The minimum Gasteiger partial charge on any atom is -0.367 e. The lowest BCUT2D eigenvalue weighted by Crippen LogP contribution is -2.08. The number of aromatic nitrogens is 4. The van der Waals surface area contributed by atoms with Gasteiger partial charge in [-0.05, 0) is 34.9 Å². The number of unbranched alkanes of at least 4 members (excludes halogenated alkanes) is 1. The van der Waals surface area contributed by atoms with Crippen LogP contribution in [0.2, 0.25) is 10.0 Å². The van der Waals surface area contributed by atoms with Crippen molar-refractivity contribution in [2.45, 2.75) is 19.8 Å². The molecule has 0 aliphatic heterocycles. The Kier molecular flexibility index (Phi) is 4.78. The summed E-state index contributed by atoms with van der Waals surface area (Å²) in [5.41, 5.74) is 1.42. The second kappa shape index (κ2) is 6.97. The van der Waals surface area contributed by atoms with Gasteiger partial charge in [0.15, 0.2) is 11.6 Å². The van der Waals surface area contributed by atoms with Crippen molar-refractivity contribution < 1.29 is 4.63 Å². The van der Waals surface area contributed by atoms with E-state index >= 15 is 0 Å². The average Bonchev–Trinajstić information content (AvgIpc) is 2.98. The van der Waals surface area contributed by atoms with Gasteiger partial charge in [-0.25, -0.2) is 14.6 Å². The van der Waals surface area contributed by atoms with E-state index in [1.165, 1.54) is 0 Å². The maximum Gasteiger partial charge on any atom is 0.245 e. The van der Waals surface area contributed by atoms with E-state index < -0.39 is 0 Å². The molecule has 23 heavy (non-hydrogen) atoms. The van der Waals surface area contributed by atoms with Gasteiger partial charge in [-0.2, -0.15) is 0 Å². The van der Waals surface area contributed by atoms with Crippen molar-refractivity contribution in [2.24, 2.45) is 0 Å². The van der Waals surface area contributed by atoms with E-state index in [-0.39, 0.29) is 0 Å². The number of halogens is 2. The number of fused-ring (bicyclic) bond motifs is 1. The van der Waals surface area contributed by atoms with E-state index in [4.69, 9.17) is 23.2 Å². The van der Waals surface area contributed by atoms with Crippen LogP contribution >= 0.6 is 23.2 Å². The molecule has 0 aliphatic carbocycles. The first kappa shape index (κ1) is 15.8. The molecule has 120 valence electrons. The quantitative estimate of drug-likeness (QED) is 0.640. The van der Waals surface area contributed by atoms with Gasteiger partial charge in [-0.1, -0.05) is 36.5 Å². The van der Waals surface area contributed by atoms with E-state index in [0.29, 0.717) is 33.0 Å². The van der Waals surface area contributed by atoms with Crippen molar-refractivity contribution in [3.63, 3.8) is 0 Å². The molecule has 3 aromatic rings. The van der Waals surface area contributed by atoms with Crippen molar-refractivity contribution in [1.82, 2.24) is 20.3 Å². The molecule has 0 spiro atoms. The fourth-order valence-electron chi connectivity index (χ4n) is 1.94. The van der Waals surface area contributed by atoms with Crippen LogP contribution in [0, 0.1) is 0 Å². The Balaban J connectivity index is 1.92. The van der Waals surface area contributed by atoms with Crippen LogP contribution in [0.3, 0.4) is 0 Å².